The van der Waals surface area contributed by atoms with E-state index >= 15 is 0 Å². The Bertz CT molecular complexity index is 90.6. The van der Waals surface area contributed by atoms with E-state index in [9.17, 15) is 0 Å². The molecule has 0 unspecified atom stereocenters. The van der Waals surface area contributed by atoms with Crippen LogP contribution in [0.3, 0.4) is 0 Å². The quantitative estimate of drug-likeness (QED) is 0.598. The maximum absolute atomic E-state index is 3.45. The molecule has 2 fully saturated rings. The van der Waals surface area contributed by atoms with Crippen molar-refractivity contribution in [3.63, 3.8) is 0 Å². The summed E-state index contributed by atoms with van der Waals surface area (Å²) in [6.45, 7) is 4.96. The van der Waals surface area contributed by atoms with Gasteiger partial charge in [-0.25, -0.2) is 0 Å². The predicted octanol–water partition coefficient (Wildman–Crippen LogP) is 0.659. The average Bonchev–Trinajstić information content (AvgIpc) is 1.88. The Kier molecular flexibility index (Phi) is 5.44. The van der Waals surface area contributed by atoms with Gasteiger partial charge in [0, 0.05) is 0 Å². The zero-order valence-corrected chi connectivity index (χ0v) is 8.14. The number of hydrogen-bond acceptors (Lipinski definition) is 2. The van der Waals surface area contributed by atoms with Gasteiger partial charge in [-0.05, 0) is 44.4 Å². The van der Waals surface area contributed by atoms with Gasteiger partial charge in [0.2, 0.25) is 0 Å². The van der Waals surface area contributed by atoms with E-state index in [0.717, 1.165) is 11.8 Å². The maximum Gasteiger partial charge on any atom is -0.000814 e. The van der Waals surface area contributed by atoms with Crippen molar-refractivity contribution < 1.29 is 0 Å². The molecular formula is C7H16Cl2N2. The fraction of sp³-hybridized carbons (Fsp3) is 1.00. The number of rotatable bonds is 0. The number of hydrogen-bond donors (Lipinski definition) is 2. The first kappa shape index (κ1) is 11.5. The smallest absolute Gasteiger partial charge is 0.000814 e. The summed E-state index contributed by atoms with van der Waals surface area (Å²) in [5.41, 5.74) is 0. The Hall–Kier alpha value is 0.500. The highest BCUT2D eigenvalue weighted by atomic mass is 35.5. The van der Waals surface area contributed by atoms with Crippen LogP contribution < -0.4 is 10.6 Å². The summed E-state index contributed by atoms with van der Waals surface area (Å²) in [7, 11) is 0. The molecule has 2 nitrogen and oxygen atoms in total. The molecule has 0 saturated carbocycles. The SMILES string of the molecule is C1NCC2CNCC1C2.Cl.Cl. The largest absolute Gasteiger partial charge is 0.316 e. The molecule has 4 heteroatoms. The van der Waals surface area contributed by atoms with Crippen molar-refractivity contribution in [2.75, 3.05) is 26.2 Å². The third kappa shape index (κ3) is 2.79. The zero-order chi connectivity index (χ0) is 6.10. The minimum Gasteiger partial charge on any atom is -0.316 e. The highest BCUT2D eigenvalue weighted by Gasteiger charge is 2.24. The average molecular weight is 199 g/mol. The zero-order valence-electron chi connectivity index (χ0n) is 6.51. The molecule has 2 N–H and O–H groups in total. The first-order valence-electron chi connectivity index (χ1n) is 3.86. The third-order valence-electron chi connectivity index (χ3n) is 2.40. The molecule has 0 amide bonds. The van der Waals surface area contributed by atoms with Crippen molar-refractivity contribution in [1.82, 2.24) is 10.6 Å². The van der Waals surface area contributed by atoms with E-state index in [2.05, 4.69) is 10.6 Å². The highest BCUT2D eigenvalue weighted by molar-refractivity contribution is 5.85. The van der Waals surface area contributed by atoms with Crippen LogP contribution in [0.2, 0.25) is 0 Å². The van der Waals surface area contributed by atoms with Crippen LogP contribution in [0.5, 0.6) is 0 Å². The Morgan fingerprint density at radius 2 is 1.09 bits per heavy atom. The van der Waals surface area contributed by atoms with E-state index in [1.807, 2.05) is 0 Å². The van der Waals surface area contributed by atoms with Crippen LogP contribution in [0.4, 0.5) is 0 Å². The lowest BCUT2D eigenvalue weighted by Crippen LogP contribution is -2.49. The Morgan fingerprint density at radius 3 is 1.36 bits per heavy atom. The van der Waals surface area contributed by atoms with Crippen LogP contribution in [0, 0.1) is 11.8 Å². The minimum absolute atomic E-state index is 0. The van der Waals surface area contributed by atoms with E-state index < -0.39 is 0 Å². The topological polar surface area (TPSA) is 24.1 Å². The van der Waals surface area contributed by atoms with E-state index in [1.165, 1.54) is 32.6 Å². The second kappa shape index (κ2) is 5.20. The van der Waals surface area contributed by atoms with Gasteiger partial charge in [-0.3, -0.25) is 0 Å². The van der Waals surface area contributed by atoms with Crippen LogP contribution in [-0.4, -0.2) is 26.2 Å². The molecule has 0 aliphatic carbocycles. The van der Waals surface area contributed by atoms with Gasteiger partial charge in [-0.2, -0.15) is 0 Å². The van der Waals surface area contributed by atoms with Gasteiger partial charge in [-0.1, -0.05) is 0 Å². The summed E-state index contributed by atoms with van der Waals surface area (Å²) < 4.78 is 0. The van der Waals surface area contributed by atoms with Crippen LogP contribution >= 0.6 is 24.8 Å². The standard InChI is InChI=1S/C7H14N2.2ClH/c1-6-2-8-4-7(1)5-9-3-6;;/h6-9H,1-5H2;2*1H. The van der Waals surface area contributed by atoms with Gasteiger partial charge >= 0.3 is 0 Å². The predicted molar refractivity (Wildman–Crippen MR) is 51.8 cm³/mol. The second-order valence-corrected chi connectivity index (χ2v) is 3.28. The van der Waals surface area contributed by atoms with Crippen LogP contribution in [0.15, 0.2) is 0 Å². The Labute approximate surface area is 80.3 Å². The van der Waals surface area contributed by atoms with E-state index in [4.69, 9.17) is 0 Å². The van der Waals surface area contributed by atoms with Crippen LogP contribution in [0.25, 0.3) is 0 Å². The normalized spacial score (nSPS) is 34.9. The molecule has 2 aliphatic rings. The second-order valence-electron chi connectivity index (χ2n) is 3.28. The summed E-state index contributed by atoms with van der Waals surface area (Å²) >= 11 is 0. The van der Waals surface area contributed by atoms with Crippen LogP contribution in [0.1, 0.15) is 6.42 Å². The Balaban J connectivity index is 0.000000500. The summed E-state index contributed by atoms with van der Waals surface area (Å²) in [6, 6.07) is 0. The summed E-state index contributed by atoms with van der Waals surface area (Å²) in [5.74, 6) is 1.86. The lowest BCUT2D eigenvalue weighted by atomic mass is 9.87. The molecule has 0 radical (unpaired) electrons. The van der Waals surface area contributed by atoms with Crippen molar-refractivity contribution in [2.45, 2.75) is 6.42 Å². The van der Waals surface area contributed by atoms with Crippen LogP contribution in [-0.2, 0) is 0 Å². The molecule has 11 heavy (non-hydrogen) atoms. The van der Waals surface area contributed by atoms with Gasteiger partial charge < -0.3 is 10.6 Å². The fourth-order valence-corrected chi connectivity index (χ4v) is 1.93. The molecule has 0 aromatic carbocycles. The highest BCUT2D eigenvalue weighted by Crippen LogP contribution is 2.18. The van der Waals surface area contributed by atoms with Gasteiger partial charge in [0.15, 0.2) is 0 Å². The lowest BCUT2D eigenvalue weighted by Gasteiger charge is -2.35. The lowest BCUT2D eigenvalue weighted by molar-refractivity contribution is 0.226. The molecule has 0 aromatic heterocycles. The Morgan fingerprint density at radius 1 is 0.727 bits per heavy atom. The number of fused-ring (bicyclic) bond motifs is 2. The molecule has 0 aromatic rings. The van der Waals surface area contributed by atoms with Gasteiger partial charge in [0.25, 0.3) is 0 Å². The minimum atomic E-state index is 0. The fourth-order valence-electron chi connectivity index (χ4n) is 1.93. The molecule has 2 heterocycles. The van der Waals surface area contributed by atoms with Crippen molar-refractivity contribution in [3.05, 3.63) is 0 Å². The summed E-state index contributed by atoms with van der Waals surface area (Å²) in [6.07, 6.45) is 1.46. The van der Waals surface area contributed by atoms with Crippen molar-refractivity contribution in [1.29, 1.82) is 0 Å². The first-order chi connectivity index (χ1) is 4.45. The molecule has 2 aliphatic heterocycles. The van der Waals surface area contributed by atoms with E-state index in [-0.39, 0.29) is 24.8 Å². The van der Waals surface area contributed by atoms with E-state index in [1.54, 1.807) is 0 Å². The molecule has 68 valence electrons. The maximum atomic E-state index is 3.45. The molecule has 2 rings (SSSR count). The van der Waals surface area contributed by atoms with Crippen molar-refractivity contribution in [3.8, 4) is 0 Å². The van der Waals surface area contributed by atoms with Crippen molar-refractivity contribution >= 4 is 24.8 Å². The van der Waals surface area contributed by atoms with Crippen molar-refractivity contribution in [2.24, 2.45) is 11.8 Å². The number of piperidine rings is 2. The van der Waals surface area contributed by atoms with E-state index in [0.29, 0.717) is 0 Å². The monoisotopic (exact) mass is 198 g/mol. The molecular weight excluding hydrogens is 183 g/mol. The summed E-state index contributed by atoms with van der Waals surface area (Å²) in [4.78, 5) is 0. The molecule has 0 atom stereocenters. The summed E-state index contributed by atoms with van der Waals surface area (Å²) in [5, 5.41) is 6.89. The third-order valence-corrected chi connectivity index (χ3v) is 2.40. The van der Waals surface area contributed by atoms with Gasteiger partial charge in [0.05, 0.1) is 0 Å². The van der Waals surface area contributed by atoms with Gasteiger partial charge in [-0.15, -0.1) is 24.8 Å². The molecule has 0 spiro atoms. The number of nitrogens with one attached hydrogen (secondary N) is 2. The first-order valence-corrected chi connectivity index (χ1v) is 3.86. The van der Waals surface area contributed by atoms with Gasteiger partial charge in [0.1, 0.15) is 0 Å². The molecule has 2 bridgehead atoms. The number of halogens is 2. The molecule has 2 saturated heterocycles.